The molecule has 112 valence electrons. The molecule has 0 heterocycles. The van der Waals surface area contributed by atoms with Gasteiger partial charge in [0, 0.05) is 6.61 Å². The summed E-state index contributed by atoms with van der Waals surface area (Å²) in [5.74, 6) is 6.49. The first-order valence-electron chi connectivity index (χ1n) is 7.10. The molecule has 1 saturated carbocycles. The number of halogens is 1. The lowest BCUT2D eigenvalue weighted by molar-refractivity contribution is -0.0627. The SMILES string of the molecule is CCOC1(C(NN)c2ccc(Cl)c(OC)c2)CCCC1. The lowest BCUT2D eigenvalue weighted by Gasteiger charge is -2.37. The normalized spacial score (nSPS) is 19.0. The second kappa shape index (κ2) is 6.76. The third kappa shape index (κ3) is 2.93. The summed E-state index contributed by atoms with van der Waals surface area (Å²) in [5.41, 5.74) is 3.74. The molecule has 1 atom stereocenters. The Kier molecular flexibility index (Phi) is 5.27. The van der Waals surface area contributed by atoms with Crippen molar-refractivity contribution < 1.29 is 9.47 Å². The van der Waals surface area contributed by atoms with Crippen molar-refractivity contribution in [1.29, 1.82) is 0 Å². The van der Waals surface area contributed by atoms with Crippen LogP contribution in [0.5, 0.6) is 5.75 Å². The standard InChI is InChI=1S/C15H23ClN2O2/c1-3-20-15(8-4-5-9-15)14(18-17)11-6-7-12(16)13(10-11)19-2/h6-7,10,14,18H,3-5,8-9,17H2,1-2H3. The monoisotopic (exact) mass is 298 g/mol. The minimum Gasteiger partial charge on any atom is -0.495 e. The molecule has 2 rings (SSSR count). The van der Waals surface area contributed by atoms with Crippen molar-refractivity contribution in [2.24, 2.45) is 5.84 Å². The third-order valence-corrected chi connectivity index (χ3v) is 4.40. The summed E-state index contributed by atoms with van der Waals surface area (Å²) in [6, 6.07) is 5.70. The topological polar surface area (TPSA) is 56.5 Å². The van der Waals surface area contributed by atoms with Gasteiger partial charge in [-0.1, -0.05) is 30.5 Å². The first-order valence-corrected chi connectivity index (χ1v) is 7.48. The molecular formula is C15H23ClN2O2. The Labute approximate surface area is 125 Å². The Bertz CT molecular complexity index is 447. The van der Waals surface area contributed by atoms with Gasteiger partial charge in [0.05, 0.1) is 23.8 Å². The van der Waals surface area contributed by atoms with Crippen LogP contribution in [0.2, 0.25) is 5.02 Å². The van der Waals surface area contributed by atoms with Crippen LogP contribution >= 0.6 is 11.6 Å². The fourth-order valence-corrected chi connectivity index (χ4v) is 3.38. The second-order valence-corrected chi connectivity index (χ2v) is 5.61. The van der Waals surface area contributed by atoms with Gasteiger partial charge in [0.25, 0.3) is 0 Å². The molecule has 3 N–H and O–H groups in total. The maximum absolute atomic E-state index is 6.09. The average molecular weight is 299 g/mol. The van der Waals surface area contributed by atoms with Gasteiger partial charge in [-0.05, 0) is 37.5 Å². The number of rotatable bonds is 6. The van der Waals surface area contributed by atoms with Crippen molar-refractivity contribution in [3.8, 4) is 5.75 Å². The molecule has 0 aliphatic heterocycles. The Morgan fingerprint density at radius 1 is 1.40 bits per heavy atom. The Hall–Kier alpha value is -0.810. The predicted molar refractivity (Wildman–Crippen MR) is 80.9 cm³/mol. The lowest BCUT2D eigenvalue weighted by Crippen LogP contribution is -2.47. The number of benzene rings is 1. The molecule has 1 aliphatic carbocycles. The smallest absolute Gasteiger partial charge is 0.137 e. The van der Waals surface area contributed by atoms with Gasteiger partial charge < -0.3 is 9.47 Å². The largest absolute Gasteiger partial charge is 0.495 e. The predicted octanol–water partition coefficient (Wildman–Crippen LogP) is 3.20. The fourth-order valence-electron chi connectivity index (χ4n) is 3.19. The van der Waals surface area contributed by atoms with E-state index in [0.717, 1.165) is 18.4 Å². The van der Waals surface area contributed by atoms with Gasteiger partial charge in [-0.3, -0.25) is 11.3 Å². The van der Waals surface area contributed by atoms with E-state index in [-0.39, 0.29) is 11.6 Å². The molecule has 0 aromatic heterocycles. The van der Waals surface area contributed by atoms with Gasteiger partial charge in [0.15, 0.2) is 0 Å². The van der Waals surface area contributed by atoms with Gasteiger partial charge in [0.1, 0.15) is 5.75 Å². The molecule has 0 bridgehead atoms. The van der Waals surface area contributed by atoms with Crippen molar-refractivity contribution in [1.82, 2.24) is 5.43 Å². The van der Waals surface area contributed by atoms with Crippen LogP contribution in [0.3, 0.4) is 0 Å². The molecule has 20 heavy (non-hydrogen) atoms. The lowest BCUT2D eigenvalue weighted by atomic mass is 9.87. The van der Waals surface area contributed by atoms with Crippen LogP contribution in [0.15, 0.2) is 18.2 Å². The first-order chi connectivity index (χ1) is 9.66. The summed E-state index contributed by atoms with van der Waals surface area (Å²) < 4.78 is 11.4. The van der Waals surface area contributed by atoms with E-state index in [9.17, 15) is 0 Å². The molecule has 0 spiro atoms. The van der Waals surface area contributed by atoms with Gasteiger partial charge in [-0.15, -0.1) is 0 Å². The summed E-state index contributed by atoms with van der Waals surface area (Å²) in [5, 5.41) is 0.601. The van der Waals surface area contributed by atoms with E-state index in [1.807, 2.05) is 25.1 Å². The van der Waals surface area contributed by atoms with Gasteiger partial charge in [-0.25, -0.2) is 0 Å². The summed E-state index contributed by atoms with van der Waals surface area (Å²) in [6.45, 7) is 2.71. The summed E-state index contributed by atoms with van der Waals surface area (Å²) in [4.78, 5) is 0. The number of ether oxygens (including phenoxy) is 2. The molecule has 0 saturated heterocycles. The molecule has 1 unspecified atom stereocenters. The zero-order valence-electron chi connectivity index (χ0n) is 12.1. The summed E-state index contributed by atoms with van der Waals surface area (Å²) in [6.07, 6.45) is 4.37. The van der Waals surface area contributed by atoms with Crippen LogP contribution < -0.4 is 16.0 Å². The number of hydrogen-bond donors (Lipinski definition) is 2. The molecule has 0 amide bonds. The zero-order valence-corrected chi connectivity index (χ0v) is 12.9. The summed E-state index contributed by atoms with van der Waals surface area (Å²) >= 11 is 6.09. The van der Waals surface area contributed by atoms with Crippen molar-refractivity contribution in [3.05, 3.63) is 28.8 Å². The van der Waals surface area contributed by atoms with Crippen molar-refractivity contribution in [3.63, 3.8) is 0 Å². The van der Waals surface area contributed by atoms with Crippen molar-refractivity contribution in [2.75, 3.05) is 13.7 Å². The Morgan fingerprint density at radius 2 is 2.10 bits per heavy atom. The highest BCUT2D eigenvalue weighted by Gasteiger charge is 2.42. The summed E-state index contributed by atoms with van der Waals surface area (Å²) in [7, 11) is 1.61. The first kappa shape index (κ1) is 15.6. The fraction of sp³-hybridized carbons (Fsp3) is 0.600. The van der Waals surface area contributed by atoms with Crippen LogP contribution in [-0.2, 0) is 4.74 Å². The minimum atomic E-state index is -0.234. The maximum atomic E-state index is 6.09. The van der Waals surface area contributed by atoms with E-state index >= 15 is 0 Å². The minimum absolute atomic E-state index is 0.0592. The van der Waals surface area contributed by atoms with Crippen molar-refractivity contribution in [2.45, 2.75) is 44.2 Å². The Balaban J connectivity index is 2.35. The highest BCUT2D eigenvalue weighted by molar-refractivity contribution is 6.32. The molecular weight excluding hydrogens is 276 g/mol. The van der Waals surface area contributed by atoms with E-state index in [2.05, 4.69) is 5.43 Å². The van der Waals surface area contributed by atoms with E-state index < -0.39 is 0 Å². The van der Waals surface area contributed by atoms with Crippen molar-refractivity contribution >= 4 is 11.6 Å². The molecule has 4 nitrogen and oxygen atoms in total. The molecule has 1 aliphatic rings. The van der Waals surface area contributed by atoms with E-state index in [0.29, 0.717) is 17.4 Å². The van der Waals surface area contributed by atoms with Crippen LogP contribution in [0.4, 0.5) is 0 Å². The number of nitrogens with two attached hydrogens (primary N) is 1. The zero-order chi connectivity index (χ0) is 14.6. The number of hydrazine groups is 1. The molecule has 5 heteroatoms. The highest BCUT2D eigenvalue weighted by atomic mass is 35.5. The molecule has 1 fully saturated rings. The van der Waals surface area contributed by atoms with Crippen LogP contribution in [0, 0.1) is 0 Å². The average Bonchev–Trinajstić information content (AvgIpc) is 2.91. The molecule has 0 radical (unpaired) electrons. The Morgan fingerprint density at radius 3 is 2.65 bits per heavy atom. The van der Waals surface area contributed by atoms with Gasteiger partial charge in [0.2, 0.25) is 0 Å². The quantitative estimate of drug-likeness (QED) is 0.625. The van der Waals surface area contributed by atoms with Gasteiger partial charge >= 0.3 is 0 Å². The third-order valence-electron chi connectivity index (χ3n) is 4.08. The molecule has 1 aromatic rings. The second-order valence-electron chi connectivity index (χ2n) is 5.20. The van der Waals surface area contributed by atoms with Crippen LogP contribution in [0.1, 0.15) is 44.2 Å². The number of nitrogens with one attached hydrogen (secondary N) is 1. The van der Waals surface area contributed by atoms with E-state index in [1.54, 1.807) is 7.11 Å². The van der Waals surface area contributed by atoms with E-state index in [1.165, 1.54) is 12.8 Å². The van der Waals surface area contributed by atoms with Gasteiger partial charge in [-0.2, -0.15) is 0 Å². The number of hydrogen-bond acceptors (Lipinski definition) is 4. The van der Waals surface area contributed by atoms with Crippen LogP contribution in [-0.4, -0.2) is 19.3 Å². The van der Waals surface area contributed by atoms with Crippen LogP contribution in [0.25, 0.3) is 0 Å². The maximum Gasteiger partial charge on any atom is 0.137 e. The van der Waals surface area contributed by atoms with E-state index in [4.69, 9.17) is 26.9 Å². The highest BCUT2D eigenvalue weighted by Crippen LogP contribution is 2.43. The molecule has 1 aromatic carbocycles. The number of methoxy groups -OCH3 is 1.